The van der Waals surface area contributed by atoms with Gasteiger partial charge in [0.2, 0.25) is 11.5 Å². The van der Waals surface area contributed by atoms with Crippen LogP contribution in [0.15, 0.2) is 30.3 Å². The quantitative estimate of drug-likeness (QED) is 0.282. The molecule has 0 spiro atoms. The van der Waals surface area contributed by atoms with Crippen molar-refractivity contribution in [3.63, 3.8) is 0 Å². The topological polar surface area (TPSA) is 118 Å². The summed E-state index contributed by atoms with van der Waals surface area (Å²) in [6.07, 6.45) is 0. The molecule has 174 valence electrons. The van der Waals surface area contributed by atoms with Crippen molar-refractivity contribution >= 4 is 11.6 Å². The molecular formula is C22H28N2O8. The summed E-state index contributed by atoms with van der Waals surface area (Å²) in [5.74, 6) is -0.649. The fraction of sp³-hybridized carbons (Fsp3) is 0.409. The second-order valence-corrected chi connectivity index (χ2v) is 6.55. The molecule has 0 aliphatic heterocycles. The van der Waals surface area contributed by atoms with E-state index < -0.39 is 16.5 Å². The van der Waals surface area contributed by atoms with Gasteiger partial charge >= 0.3 is 5.69 Å². The van der Waals surface area contributed by atoms with Gasteiger partial charge in [0.25, 0.3) is 5.91 Å². The maximum Gasteiger partial charge on any atom is 0.327 e. The molecule has 2 rings (SSSR count). The summed E-state index contributed by atoms with van der Waals surface area (Å²) >= 11 is 0. The largest absolute Gasteiger partial charge is 0.493 e. The molecular weight excluding hydrogens is 420 g/mol. The zero-order valence-electron chi connectivity index (χ0n) is 18.6. The van der Waals surface area contributed by atoms with E-state index in [0.717, 1.165) is 11.1 Å². The van der Waals surface area contributed by atoms with Crippen molar-refractivity contribution in [2.75, 3.05) is 41.2 Å². The second kappa shape index (κ2) is 12.5. The highest BCUT2D eigenvalue weighted by Gasteiger charge is 2.32. The molecule has 1 amide bonds. The average molecular weight is 448 g/mol. The van der Waals surface area contributed by atoms with Crippen LogP contribution in [0.2, 0.25) is 0 Å². The van der Waals surface area contributed by atoms with Gasteiger partial charge in [-0.15, -0.1) is 0 Å². The molecule has 0 aliphatic rings. The Hall–Kier alpha value is -3.37. The highest BCUT2D eigenvalue weighted by atomic mass is 16.6. The molecule has 0 saturated heterocycles. The zero-order valence-corrected chi connectivity index (χ0v) is 18.6. The molecule has 2 aromatic carbocycles. The molecule has 0 fully saturated rings. The number of nitrogens with one attached hydrogen (secondary N) is 1. The Morgan fingerprint density at radius 2 is 1.69 bits per heavy atom. The van der Waals surface area contributed by atoms with Gasteiger partial charge in [0, 0.05) is 19.2 Å². The Balaban J connectivity index is 2.16. The second-order valence-electron chi connectivity index (χ2n) is 6.55. The Bertz CT molecular complexity index is 932. The maximum atomic E-state index is 12.8. The molecule has 1 N–H and O–H groups in total. The third-order valence-corrected chi connectivity index (χ3v) is 4.52. The summed E-state index contributed by atoms with van der Waals surface area (Å²) in [6.45, 7) is 4.15. The smallest absolute Gasteiger partial charge is 0.327 e. The van der Waals surface area contributed by atoms with E-state index in [2.05, 4.69) is 5.32 Å². The average Bonchev–Trinajstić information content (AvgIpc) is 2.80. The van der Waals surface area contributed by atoms with Gasteiger partial charge < -0.3 is 29.0 Å². The van der Waals surface area contributed by atoms with Crippen LogP contribution in [-0.2, 0) is 22.6 Å². The number of methoxy groups -OCH3 is 3. The number of ether oxygens (including phenoxy) is 5. The fourth-order valence-corrected chi connectivity index (χ4v) is 3.05. The highest BCUT2D eigenvalue weighted by Crippen LogP contribution is 2.46. The van der Waals surface area contributed by atoms with Crippen LogP contribution in [0.25, 0.3) is 0 Å². The Kier molecular flexibility index (Phi) is 9.71. The molecule has 0 atom stereocenters. The van der Waals surface area contributed by atoms with Gasteiger partial charge in [0.05, 0.1) is 46.1 Å². The van der Waals surface area contributed by atoms with Gasteiger partial charge in [-0.3, -0.25) is 14.9 Å². The number of nitro benzene ring substituents is 1. The van der Waals surface area contributed by atoms with Crippen molar-refractivity contribution < 1.29 is 33.4 Å². The van der Waals surface area contributed by atoms with Gasteiger partial charge in [-0.1, -0.05) is 24.3 Å². The number of carbonyl (C=O) groups is 1. The number of amides is 1. The third kappa shape index (κ3) is 6.32. The fourth-order valence-electron chi connectivity index (χ4n) is 3.05. The lowest BCUT2D eigenvalue weighted by Crippen LogP contribution is -2.24. The summed E-state index contributed by atoms with van der Waals surface area (Å²) in [6, 6.07) is 8.76. The number of hydrogen-bond donors (Lipinski definition) is 1. The number of nitro groups is 1. The maximum absolute atomic E-state index is 12.8. The van der Waals surface area contributed by atoms with E-state index in [0.29, 0.717) is 26.4 Å². The van der Waals surface area contributed by atoms with E-state index in [9.17, 15) is 14.9 Å². The first-order chi connectivity index (χ1) is 15.5. The number of benzene rings is 2. The minimum absolute atomic E-state index is 0.0373. The monoisotopic (exact) mass is 448 g/mol. The normalized spacial score (nSPS) is 10.5. The van der Waals surface area contributed by atoms with E-state index in [1.54, 1.807) is 0 Å². The van der Waals surface area contributed by atoms with Gasteiger partial charge in [0.15, 0.2) is 5.75 Å². The first-order valence-corrected chi connectivity index (χ1v) is 9.95. The van der Waals surface area contributed by atoms with Gasteiger partial charge in [-0.05, 0) is 18.1 Å². The van der Waals surface area contributed by atoms with Crippen LogP contribution in [0.5, 0.6) is 17.2 Å². The minimum atomic E-state index is -0.685. The number of hydrogen-bond acceptors (Lipinski definition) is 8. The number of rotatable bonds is 13. The first kappa shape index (κ1) is 24.9. The predicted octanol–water partition coefficient (Wildman–Crippen LogP) is 3.10. The van der Waals surface area contributed by atoms with E-state index in [1.165, 1.54) is 27.4 Å². The summed E-state index contributed by atoms with van der Waals surface area (Å²) < 4.78 is 26.3. The van der Waals surface area contributed by atoms with E-state index >= 15 is 0 Å². The Labute approximate surface area is 186 Å². The van der Waals surface area contributed by atoms with E-state index in [1.807, 2.05) is 31.2 Å². The lowest BCUT2D eigenvalue weighted by Gasteiger charge is -2.15. The number of nitrogens with zero attached hydrogens (tertiary/aromatic N) is 1. The zero-order chi connectivity index (χ0) is 23.5. The lowest BCUT2D eigenvalue weighted by atomic mass is 10.1. The Morgan fingerprint density at radius 3 is 2.31 bits per heavy atom. The standard InChI is InChI=1S/C22H28N2O8/c1-5-31-9-10-32-14-16-8-6-7-15(11-16)13-23-22(25)17-12-18(28-2)20(29-3)21(30-4)19(17)24(26)27/h6-8,11-12H,5,9-10,13-14H2,1-4H3,(H,23,25). The van der Waals surface area contributed by atoms with Crippen LogP contribution in [0.3, 0.4) is 0 Å². The van der Waals surface area contributed by atoms with Crippen molar-refractivity contribution in [1.29, 1.82) is 0 Å². The summed E-state index contributed by atoms with van der Waals surface area (Å²) in [7, 11) is 3.96. The summed E-state index contributed by atoms with van der Waals surface area (Å²) in [5, 5.41) is 14.4. The van der Waals surface area contributed by atoms with Crippen molar-refractivity contribution in [2.45, 2.75) is 20.1 Å². The van der Waals surface area contributed by atoms with Crippen LogP contribution in [-0.4, -0.2) is 52.0 Å². The van der Waals surface area contributed by atoms with Crippen LogP contribution in [0.4, 0.5) is 5.69 Å². The van der Waals surface area contributed by atoms with Gasteiger partial charge in [-0.2, -0.15) is 0 Å². The molecule has 0 saturated carbocycles. The molecule has 0 aromatic heterocycles. The number of carbonyl (C=O) groups excluding carboxylic acids is 1. The predicted molar refractivity (Wildman–Crippen MR) is 117 cm³/mol. The Morgan fingerprint density at radius 1 is 1.00 bits per heavy atom. The van der Waals surface area contributed by atoms with E-state index in [-0.39, 0.29) is 29.4 Å². The highest BCUT2D eigenvalue weighted by molar-refractivity contribution is 6.00. The molecule has 2 aromatic rings. The van der Waals surface area contributed by atoms with Crippen LogP contribution < -0.4 is 19.5 Å². The lowest BCUT2D eigenvalue weighted by molar-refractivity contribution is -0.386. The first-order valence-electron chi connectivity index (χ1n) is 9.95. The third-order valence-electron chi connectivity index (χ3n) is 4.52. The summed E-state index contributed by atoms with van der Waals surface area (Å²) in [4.78, 5) is 23.8. The molecule has 0 aliphatic carbocycles. The minimum Gasteiger partial charge on any atom is -0.493 e. The molecule has 0 radical (unpaired) electrons. The van der Waals surface area contributed by atoms with Crippen molar-refractivity contribution in [3.8, 4) is 17.2 Å². The van der Waals surface area contributed by atoms with Crippen molar-refractivity contribution in [3.05, 3.63) is 57.1 Å². The van der Waals surface area contributed by atoms with Gasteiger partial charge in [0.1, 0.15) is 5.56 Å². The molecule has 0 unspecified atom stereocenters. The molecule has 0 bridgehead atoms. The molecule has 10 heteroatoms. The van der Waals surface area contributed by atoms with Crippen LogP contribution in [0, 0.1) is 10.1 Å². The van der Waals surface area contributed by atoms with Crippen molar-refractivity contribution in [1.82, 2.24) is 5.32 Å². The van der Waals surface area contributed by atoms with Crippen LogP contribution in [0.1, 0.15) is 28.4 Å². The van der Waals surface area contributed by atoms with Gasteiger partial charge in [-0.25, -0.2) is 0 Å². The SMILES string of the molecule is CCOCCOCc1cccc(CNC(=O)c2cc(OC)c(OC)c(OC)c2[N+](=O)[O-])c1. The molecule has 0 heterocycles. The van der Waals surface area contributed by atoms with Crippen molar-refractivity contribution in [2.24, 2.45) is 0 Å². The van der Waals surface area contributed by atoms with Crippen LogP contribution >= 0.6 is 0 Å². The van der Waals surface area contributed by atoms with E-state index in [4.69, 9.17) is 23.7 Å². The summed E-state index contributed by atoms with van der Waals surface area (Å²) in [5.41, 5.74) is 1.06. The molecule has 10 nitrogen and oxygen atoms in total. The molecule has 32 heavy (non-hydrogen) atoms.